The third kappa shape index (κ3) is 4.50. The van der Waals surface area contributed by atoms with E-state index >= 15 is 0 Å². The molecule has 0 heterocycles. The third-order valence-electron chi connectivity index (χ3n) is 2.76. The average Bonchev–Trinajstić information content (AvgIpc) is 2.40. The van der Waals surface area contributed by atoms with Crippen molar-refractivity contribution in [1.82, 2.24) is 5.32 Å². The monoisotopic (exact) mass is 265 g/mol. The van der Waals surface area contributed by atoms with Crippen molar-refractivity contribution >= 4 is 11.7 Å². The molecule has 0 unspecified atom stereocenters. The van der Waals surface area contributed by atoms with Crippen molar-refractivity contribution < 1.29 is 15.1 Å². The number of nitrogens with one attached hydrogen (secondary N) is 1. The summed E-state index contributed by atoms with van der Waals surface area (Å²) in [5.41, 5.74) is 6.26. The van der Waals surface area contributed by atoms with Crippen LogP contribution in [0.1, 0.15) is 35.2 Å². The van der Waals surface area contributed by atoms with Gasteiger partial charge in [0.1, 0.15) is 11.6 Å². The van der Waals surface area contributed by atoms with Crippen LogP contribution in [0, 0.1) is 6.92 Å². The first-order valence-corrected chi connectivity index (χ1v) is 6.09. The molecule has 0 fully saturated rings. The summed E-state index contributed by atoms with van der Waals surface area (Å²) in [7, 11) is 0. The van der Waals surface area contributed by atoms with Gasteiger partial charge in [-0.05, 0) is 31.4 Å². The molecule has 0 aliphatic rings. The highest BCUT2D eigenvalue weighted by Gasteiger charge is 2.11. The fourth-order valence-corrected chi connectivity index (χ4v) is 1.62. The van der Waals surface area contributed by atoms with Crippen molar-refractivity contribution in [2.45, 2.75) is 26.2 Å². The number of aromatic hydroxyl groups is 1. The van der Waals surface area contributed by atoms with Crippen LogP contribution in [0.2, 0.25) is 0 Å². The van der Waals surface area contributed by atoms with Crippen molar-refractivity contribution in [1.29, 1.82) is 0 Å². The van der Waals surface area contributed by atoms with Crippen LogP contribution in [0.25, 0.3) is 0 Å². The molecule has 0 spiro atoms. The lowest BCUT2D eigenvalue weighted by molar-refractivity contribution is 0.0950. The van der Waals surface area contributed by atoms with Gasteiger partial charge in [0.25, 0.3) is 5.91 Å². The number of amides is 1. The summed E-state index contributed by atoms with van der Waals surface area (Å²) in [6.07, 6.45) is 1.92. The normalized spacial score (nSPS) is 11.3. The van der Waals surface area contributed by atoms with Crippen molar-refractivity contribution in [2.24, 2.45) is 10.9 Å². The van der Waals surface area contributed by atoms with E-state index in [2.05, 4.69) is 10.5 Å². The zero-order chi connectivity index (χ0) is 14.3. The van der Waals surface area contributed by atoms with Crippen LogP contribution >= 0.6 is 0 Å². The Labute approximate surface area is 111 Å². The van der Waals surface area contributed by atoms with E-state index in [1.807, 2.05) is 0 Å². The number of phenols is 1. The van der Waals surface area contributed by atoms with Crippen LogP contribution in [-0.4, -0.2) is 28.6 Å². The van der Waals surface area contributed by atoms with Crippen LogP contribution in [0.15, 0.2) is 23.4 Å². The van der Waals surface area contributed by atoms with Crippen LogP contribution in [0.5, 0.6) is 5.75 Å². The molecule has 1 aromatic carbocycles. The van der Waals surface area contributed by atoms with Crippen LogP contribution in [-0.2, 0) is 0 Å². The zero-order valence-electron chi connectivity index (χ0n) is 10.9. The maximum Gasteiger partial charge on any atom is 0.255 e. The molecular weight excluding hydrogens is 246 g/mol. The molecule has 1 amide bonds. The molecule has 0 bridgehead atoms. The van der Waals surface area contributed by atoms with Crippen LogP contribution in [0.4, 0.5) is 0 Å². The quantitative estimate of drug-likeness (QED) is 0.205. The van der Waals surface area contributed by atoms with Gasteiger partial charge >= 0.3 is 0 Å². The molecule has 0 aliphatic carbocycles. The third-order valence-corrected chi connectivity index (χ3v) is 2.76. The highest BCUT2D eigenvalue weighted by atomic mass is 16.4. The molecule has 1 aromatic rings. The number of hydrogen-bond donors (Lipinski definition) is 4. The van der Waals surface area contributed by atoms with Gasteiger partial charge in [-0.3, -0.25) is 4.79 Å². The number of phenolic OH excluding ortho intramolecular Hbond substituents is 1. The van der Waals surface area contributed by atoms with E-state index in [-0.39, 0.29) is 23.1 Å². The average molecular weight is 265 g/mol. The first kappa shape index (κ1) is 14.8. The minimum Gasteiger partial charge on any atom is -0.507 e. The van der Waals surface area contributed by atoms with Gasteiger partial charge in [-0.1, -0.05) is 17.3 Å². The summed E-state index contributed by atoms with van der Waals surface area (Å²) >= 11 is 0. The second-order valence-corrected chi connectivity index (χ2v) is 4.28. The standard InChI is InChI=1S/C13H19N3O3/c1-9-5-4-6-10(12(9)17)13(18)15-8-3-2-7-11(14)16-19/h4-6,17,19H,2-3,7-8H2,1H3,(H2,14,16)(H,15,18). The molecule has 19 heavy (non-hydrogen) atoms. The molecule has 1 rings (SSSR count). The highest BCUT2D eigenvalue weighted by molar-refractivity contribution is 5.97. The number of amidine groups is 1. The number of rotatable bonds is 6. The first-order valence-electron chi connectivity index (χ1n) is 6.09. The highest BCUT2D eigenvalue weighted by Crippen LogP contribution is 2.20. The van der Waals surface area contributed by atoms with Gasteiger partial charge < -0.3 is 21.4 Å². The summed E-state index contributed by atoms with van der Waals surface area (Å²) in [4.78, 5) is 11.8. The molecule has 0 radical (unpaired) electrons. The fraction of sp³-hybridized carbons (Fsp3) is 0.385. The second-order valence-electron chi connectivity index (χ2n) is 4.28. The van der Waals surface area contributed by atoms with E-state index in [9.17, 15) is 9.90 Å². The predicted octanol–water partition coefficient (Wildman–Crippen LogP) is 1.35. The number of carbonyl (C=O) groups is 1. The summed E-state index contributed by atoms with van der Waals surface area (Å²) in [6.45, 7) is 2.22. The van der Waals surface area contributed by atoms with E-state index in [1.54, 1.807) is 25.1 Å². The van der Waals surface area contributed by atoms with Crippen molar-refractivity contribution in [3.8, 4) is 5.75 Å². The van der Waals surface area contributed by atoms with Crippen LogP contribution < -0.4 is 11.1 Å². The summed E-state index contributed by atoms with van der Waals surface area (Å²) in [5, 5.41) is 23.7. The van der Waals surface area contributed by atoms with E-state index < -0.39 is 0 Å². The van der Waals surface area contributed by atoms with Gasteiger partial charge in [0.2, 0.25) is 0 Å². The van der Waals surface area contributed by atoms with Gasteiger partial charge in [0, 0.05) is 13.0 Å². The Bertz CT molecular complexity index is 472. The molecule has 6 heteroatoms. The molecule has 6 nitrogen and oxygen atoms in total. The molecule has 104 valence electrons. The SMILES string of the molecule is Cc1cccc(C(=O)NCCCCC(N)=NO)c1O. The number of nitrogens with zero attached hydrogens (tertiary/aromatic N) is 1. The number of unbranched alkanes of at least 4 members (excludes halogenated alkanes) is 1. The Morgan fingerprint density at radius 2 is 2.16 bits per heavy atom. The Morgan fingerprint density at radius 1 is 1.42 bits per heavy atom. The van der Waals surface area contributed by atoms with E-state index in [0.717, 1.165) is 6.42 Å². The maximum absolute atomic E-state index is 11.8. The van der Waals surface area contributed by atoms with Gasteiger partial charge in [-0.2, -0.15) is 0 Å². The molecule has 5 N–H and O–H groups in total. The fourth-order valence-electron chi connectivity index (χ4n) is 1.62. The molecule has 0 aromatic heterocycles. The van der Waals surface area contributed by atoms with Crippen molar-refractivity contribution in [3.05, 3.63) is 29.3 Å². The summed E-state index contributed by atoms with van der Waals surface area (Å²) in [6, 6.07) is 5.04. The van der Waals surface area contributed by atoms with E-state index in [4.69, 9.17) is 10.9 Å². The molecular formula is C13H19N3O3. The zero-order valence-corrected chi connectivity index (χ0v) is 10.9. The number of carbonyl (C=O) groups excluding carboxylic acids is 1. The number of benzene rings is 1. The second kappa shape index (κ2) is 7.25. The Balaban J connectivity index is 2.38. The maximum atomic E-state index is 11.8. The van der Waals surface area contributed by atoms with Crippen molar-refractivity contribution in [3.63, 3.8) is 0 Å². The lowest BCUT2D eigenvalue weighted by Crippen LogP contribution is -2.25. The number of nitrogens with two attached hydrogens (primary N) is 1. The summed E-state index contributed by atoms with van der Waals surface area (Å²) in [5.74, 6) is -0.107. The number of oxime groups is 1. The molecule has 0 atom stereocenters. The Morgan fingerprint density at radius 3 is 2.84 bits per heavy atom. The lowest BCUT2D eigenvalue weighted by atomic mass is 10.1. The Hall–Kier alpha value is -2.24. The number of aryl methyl sites for hydroxylation is 1. The van der Waals surface area contributed by atoms with Gasteiger partial charge in [-0.25, -0.2) is 0 Å². The largest absolute Gasteiger partial charge is 0.507 e. The number of para-hydroxylation sites is 1. The minimum absolute atomic E-state index is 0.0108. The van der Waals surface area contributed by atoms with Crippen LogP contribution in [0.3, 0.4) is 0 Å². The number of hydrogen-bond acceptors (Lipinski definition) is 4. The molecule has 0 saturated heterocycles. The minimum atomic E-state index is -0.301. The lowest BCUT2D eigenvalue weighted by Gasteiger charge is -2.08. The van der Waals surface area contributed by atoms with Crippen molar-refractivity contribution in [2.75, 3.05) is 6.54 Å². The Kier molecular flexibility index (Phi) is 5.66. The topological polar surface area (TPSA) is 108 Å². The van der Waals surface area contributed by atoms with Gasteiger partial charge in [0.05, 0.1) is 5.56 Å². The van der Waals surface area contributed by atoms with Gasteiger partial charge in [0.15, 0.2) is 0 Å². The summed E-state index contributed by atoms with van der Waals surface area (Å²) < 4.78 is 0. The smallest absolute Gasteiger partial charge is 0.255 e. The predicted molar refractivity (Wildman–Crippen MR) is 72.4 cm³/mol. The van der Waals surface area contributed by atoms with E-state index in [1.165, 1.54) is 0 Å². The van der Waals surface area contributed by atoms with Gasteiger partial charge in [-0.15, -0.1) is 0 Å². The molecule has 0 saturated carbocycles. The van der Waals surface area contributed by atoms with E-state index in [0.29, 0.717) is 24.9 Å². The molecule has 0 aliphatic heterocycles. The first-order chi connectivity index (χ1) is 9.06.